The molecule has 4 rings (SSSR count). The van der Waals surface area contributed by atoms with E-state index in [1.54, 1.807) is 47.6 Å². The average Bonchev–Trinajstić information content (AvgIpc) is 3.40. The fourth-order valence-electron chi connectivity index (χ4n) is 3.87. The number of nitrogens with zero attached hydrogens (tertiary/aromatic N) is 2. The minimum absolute atomic E-state index is 0.115. The number of thioether (sulfide) groups is 1. The summed E-state index contributed by atoms with van der Waals surface area (Å²) < 4.78 is 19.8. The van der Waals surface area contributed by atoms with Gasteiger partial charge in [0.2, 0.25) is 5.91 Å². The summed E-state index contributed by atoms with van der Waals surface area (Å²) in [4.78, 5) is 41.3. The van der Waals surface area contributed by atoms with Crippen LogP contribution in [0.3, 0.4) is 0 Å². The van der Waals surface area contributed by atoms with E-state index < -0.39 is 5.82 Å². The number of halogens is 1. The standard InChI is InChI=1S/C26H26FN3O4S/c1-18(31)19-8-9-23(22(27)15-19)29-10-12-30(13-11-29)26(33)21-6-2-3-7-24(21)35-17-25(32)28-16-20-5-4-14-34-20/h2-9,14-15H,10-13,16-17H2,1H3,(H,28,32). The number of amides is 2. The second kappa shape index (κ2) is 11.2. The van der Waals surface area contributed by atoms with Gasteiger partial charge >= 0.3 is 0 Å². The Hall–Kier alpha value is -3.59. The monoisotopic (exact) mass is 495 g/mol. The molecule has 2 amide bonds. The molecule has 2 aromatic carbocycles. The Labute approximate surface area is 207 Å². The van der Waals surface area contributed by atoms with E-state index in [4.69, 9.17) is 4.42 Å². The average molecular weight is 496 g/mol. The lowest BCUT2D eigenvalue weighted by atomic mass is 10.1. The zero-order valence-electron chi connectivity index (χ0n) is 19.3. The number of Topliss-reactive ketones (excluding diaryl/α,β-unsaturated/α-hetero) is 1. The molecule has 9 heteroatoms. The van der Waals surface area contributed by atoms with Gasteiger partial charge in [0.25, 0.3) is 5.91 Å². The number of carbonyl (C=O) groups is 3. The number of piperazine rings is 1. The maximum Gasteiger partial charge on any atom is 0.255 e. The topological polar surface area (TPSA) is 82.9 Å². The van der Waals surface area contributed by atoms with Crippen LogP contribution in [0.15, 0.2) is 70.2 Å². The number of carbonyl (C=O) groups excluding carboxylic acids is 3. The number of rotatable bonds is 8. The van der Waals surface area contributed by atoms with Crippen LogP contribution < -0.4 is 10.2 Å². The molecular weight excluding hydrogens is 469 g/mol. The van der Waals surface area contributed by atoms with Crippen molar-refractivity contribution >= 4 is 35.0 Å². The Bertz CT molecular complexity index is 1210. The van der Waals surface area contributed by atoms with Gasteiger partial charge in [-0.2, -0.15) is 0 Å². The number of ketones is 1. The molecule has 1 fully saturated rings. The Morgan fingerprint density at radius 3 is 2.49 bits per heavy atom. The summed E-state index contributed by atoms with van der Waals surface area (Å²) in [6.45, 7) is 3.56. The molecule has 0 unspecified atom stereocenters. The summed E-state index contributed by atoms with van der Waals surface area (Å²) in [5, 5.41) is 2.80. The van der Waals surface area contributed by atoms with E-state index >= 15 is 0 Å². The van der Waals surface area contributed by atoms with Gasteiger partial charge in [0.1, 0.15) is 11.6 Å². The lowest BCUT2D eigenvalue weighted by Gasteiger charge is -2.36. The Kier molecular flexibility index (Phi) is 7.87. The van der Waals surface area contributed by atoms with Crippen molar-refractivity contribution in [2.45, 2.75) is 18.4 Å². The van der Waals surface area contributed by atoms with Gasteiger partial charge in [-0.3, -0.25) is 14.4 Å². The number of furan rings is 1. The van der Waals surface area contributed by atoms with Crippen LogP contribution in [-0.2, 0) is 11.3 Å². The van der Waals surface area contributed by atoms with Crippen LogP contribution in [0.25, 0.3) is 0 Å². The van der Waals surface area contributed by atoms with Crippen molar-refractivity contribution in [1.82, 2.24) is 10.2 Å². The fourth-order valence-corrected chi connectivity index (χ4v) is 4.74. The highest BCUT2D eigenvalue weighted by molar-refractivity contribution is 8.00. The number of nitrogens with one attached hydrogen (secondary N) is 1. The summed E-state index contributed by atoms with van der Waals surface area (Å²) in [5.74, 6) is -0.0418. The molecule has 1 aromatic heterocycles. The molecule has 1 aliphatic heterocycles. The molecule has 182 valence electrons. The van der Waals surface area contributed by atoms with E-state index in [0.717, 1.165) is 4.90 Å². The van der Waals surface area contributed by atoms with Gasteiger partial charge in [-0.25, -0.2) is 4.39 Å². The first-order valence-corrected chi connectivity index (χ1v) is 12.3. The molecule has 0 spiro atoms. The lowest BCUT2D eigenvalue weighted by Crippen LogP contribution is -2.49. The maximum absolute atomic E-state index is 14.5. The summed E-state index contributed by atoms with van der Waals surface area (Å²) in [6.07, 6.45) is 1.55. The van der Waals surface area contributed by atoms with Gasteiger partial charge in [-0.05, 0) is 49.4 Å². The van der Waals surface area contributed by atoms with Gasteiger partial charge in [-0.15, -0.1) is 11.8 Å². The first-order valence-electron chi connectivity index (χ1n) is 11.3. The van der Waals surface area contributed by atoms with E-state index in [1.165, 1.54) is 24.8 Å². The van der Waals surface area contributed by atoms with Gasteiger partial charge < -0.3 is 19.5 Å². The van der Waals surface area contributed by atoms with Crippen molar-refractivity contribution in [2.75, 3.05) is 36.8 Å². The second-order valence-corrected chi connectivity index (χ2v) is 9.16. The van der Waals surface area contributed by atoms with Gasteiger partial charge in [0, 0.05) is 36.6 Å². The molecule has 1 N–H and O–H groups in total. The van der Waals surface area contributed by atoms with Crippen LogP contribution in [-0.4, -0.2) is 54.4 Å². The predicted molar refractivity (Wildman–Crippen MR) is 132 cm³/mol. The highest BCUT2D eigenvalue weighted by atomic mass is 32.2. The highest BCUT2D eigenvalue weighted by Crippen LogP contribution is 2.26. The number of benzene rings is 2. The molecule has 0 bridgehead atoms. The predicted octanol–water partition coefficient (Wildman–Crippen LogP) is 3.99. The third kappa shape index (κ3) is 6.10. The summed E-state index contributed by atoms with van der Waals surface area (Å²) >= 11 is 1.31. The molecule has 2 heterocycles. The van der Waals surface area contributed by atoms with Crippen LogP contribution in [0.1, 0.15) is 33.4 Å². The lowest BCUT2D eigenvalue weighted by molar-refractivity contribution is -0.118. The Balaban J connectivity index is 1.34. The molecule has 0 aliphatic carbocycles. The van der Waals surface area contributed by atoms with Gasteiger partial charge in [-0.1, -0.05) is 12.1 Å². The number of anilines is 1. The van der Waals surface area contributed by atoms with Crippen LogP contribution in [0.2, 0.25) is 0 Å². The zero-order chi connectivity index (χ0) is 24.8. The highest BCUT2D eigenvalue weighted by Gasteiger charge is 2.25. The van der Waals surface area contributed by atoms with E-state index in [1.807, 2.05) is 17.0 Å². The molecule has 35 heavy (non-hydrogen) atoms. The van der Waals surface area contributed by atoms with Crippen LogP contribution in [0.4, 0.5) is 10.1 Å². The number of hydrogen-bond acceptors (Lipinski definition) is 6. The molecule has 3 aromatic rings. The fraction of sp³-hybridized carbons (Fsp3) is 0.269. The van der Waals surface area contributed by atoms with Crippen molar-refractivity contribution in [3.63, 3.8) is 0 Å². The second-order valence-electron chi connectivity index (χ2n) is 8.14. The number of hydrogen-bond donors (Lipinski definition) is 1. The zero-order valence-corrected chi connectivity index (χ0v) is 20.1. The molecule has 1 aliphatic rings. The molecule has 0 saturated carbocycles. The first kappa shape index (κ1) is 24.5. The molecule has 0 radical (unpaired) electrons. The van der Waals surface area contributed by atoms with Crippen molar-refractivity contribution in [3.8, 4) is 0 Å². The van der Waals surface area contributed by atoms with E-state index in [9.17, 15) is 18.8 Å². The van der Waals surface area contributed by atoms with Crippen LogP contribution >= 0.6 is 11.8 Å². The maximum atomic E-state index is 14.5. The minimum Gasteiger partial charge on any atom is -0.467 e. The van der Waals surface area contributed by atoms with Gasteiger partial charge in [0.15, 0.2) is 5.78 Å². The van der Waals surface area contributed by atoms with Crippen molar-refractivity contribution < 1.29 is 23.2 Å². The van der Waals surface area contributed by atoms with Gasteiger partial charge in [0.05, 0.1) is 29.8 Å². The molecule has 1 saturated heterocycles. The molecule has 0 atom stereocenters. The van der Waals surface area contributed by atoms with E-state index in [2.05, 4.69) is 5.32 Å². The quantitative estimate of drug-likeness (QED) is 0.376. The van der Waals surface area contributed by atoms with Crippen molar-refractivity contribution in [3.05, 3.63) is 83.6 Å². The summed E-state index contributed by atoms with van der Waals surface area (Å²) in [6, 6.07) is 15.3. The summed E-state index contributed by atoms with van der Waals surface area (Å²) in [7, 11) is 0. The van der Waals surface area contributed by atoms with Crippen LogP contribution in [0, 0.1) is 5.82 Å². The van der Waals surface area contributed by atoms with E-state index in [0.29, 0.717) is 55.3 Å². The first-order chi connectivity index (χ1) is 16.9. The smallest absolute Gasteiger partial charge is 0.255 e. The Morgan fingerprint density at radius 2 is 1.80 bits per heavy atom. The SMILES string of the molecule is CC(=O)c1ccc(N2CCN(C(=O)c3ccccc3SCC(=O)NCc3ccco3)CC2)c(F)c1. The Morgan fingerprint density at radius 1 is 1.03 bits per heavy atom. The van der Waals surface area contributed by atoms with Crippen molar-refractivity contribution in [2.24, 2.45) is 0 Å². The minimum atomic E-state index is -0.440. The third-order valence-corrected chi connectivity index (χ3v) is 6.85. The summed E-state index contributed by atoms with van der Waals surface area (Å²) in [5.41, 5.74) is 1.31. The van der Waals surface area contributed by atoms with Crippen molar-refractivity contribution in [1.29, 1.82) is 0 Å². The third-order valence-electron chi connectivity index (χ3n) is 5.78. The molecule has 7 nitrogen and oxygen atoms in total. The van der Waals surface area contributed by atoms with E-state index in [-0.39, 0.29) is 23.4 Å². The van der Waals surface area contributed by atoms with Crippen LogP contribution in [0.5, 0.6) is 0 Å². The molecular formula is C26H26FN3O4S. The largest absolute Gasteiger partial charge is 0.467 e. The normalized spacial score (nSPS) is 13.5.